The van der Waals surface area contributed by atoms with Crippen molar-refractivity contribution >= 4 is 6.29 Å². The molecule has 0 atom stereocenters. The highest BCUT2D eigenvalue weighted by molar-refractivity contribution is 5.82. The number of aliphatic hydroxyl groups is 1. The molecule has 0 aliphatic heterocycles. The highest BCUT2D eigenvalue weighted by Gasteiger charge is 2.18. The number of rotatable bonds is 3. The van der Waals surface area contributed by atoms with Crippen LogP contribution in [0.5, 0.6) is 11.5 Å². The predicted octanol–water partition coefficient (Wildman–Crippen LogP) is 1.22. The predicted molar refractivity (Wildman–Crippen MR) is 55.2 cm³/mol. The highest BCUT2D eigenvalue weighted by Crippen LogP contribution is 2.28. The molecule has 0 unspecified atom stereocenters. The smallest absolute Gasteiger partial charge is 0.154 e. The first kappa shape index (κ1) is 11.5. The van der Waals surface area contributed by atoms with Gasteiger partial charge in [0.1, 0.15) is 11.5 Å². The first-order chi connectivity index (χ1) is 6.83. The van der Waals surface area contributed by atoms with Gasteiger partial charge in [0.15, 0.2) is 6.29 Å². The molecule has 4 nitrogen and oxygen atoms in total. The quantitative estimate of drug-likeness (QED) is 0.655. The Bertz CT molecular complexity index is 377. The Hall–Kier alpha value is -1.55. The van der Waals surface area contributed by atoms with Gasteiger partial charge in [-0.25, -0.2) is 0 Å². The molecule has 0 bridgehead atoms. The van der Waals surface area contributed by atoms with Gasteiger partial charge in [0.2, 0.25) is 0 Å². The van der Waals surface area contributed by atoms with Crippen LogP contribution in [0.1, 0.15) is 29.8 Å². The number of benzene rings is 1. The van der Waals surface area contributed by atoms with Crippen molar-refractivity contribution in [3.05, 3.63) is 23.3 Å². The summed E-state index contributed by atoms with van der Waals surface area (Å²) >= 11 is 0. The number of carbonyl (C=O) groups is 1. The van der Waals surface area contributed by atoms with Crippen LogP contribution in [-0.2, 0) is 6.42 Å². The summed E-state index contributed by atoms with van der Waals surface area (Å²) in [6, 6.07) is 2.46. The molecule has 0 fully saturated rings. The van der Waals surface area contributed by atoms with E-state index in [-0.39, 0.29) is 23.5 Å². The summed E-state index contributed by atoms with van der Waals surface area (Å²) in [5.41, 5.74) is -0.470. The van der Waals surface area contributed by atoms with Crippen LogP contribution in [-0.4, -0.2) is 27.2 Å². The molecule has 0 radical (unpaired) electrons. The zero-order valence-electron chi connectivity index (χ0n) is 8.69. The van der Waals surface area contributed by atoms with Crippen molar-refractivity contribution in [2.45, 2.75) is 25.9 Å². The zero-order chi connectivity index (χ0) is 11.6. The maximum Gasteiger partial charge on any atom is 0.154 e. The Kier molecular flexibility index (Phi) is 3.00. The fourth-order valence-electron chi connectivity index (χ4n) is 1.43. The van der Waals surface area contributed by atoms with Crippen LogP contribution in [0, 0.1) is 0 Å². The van der Waals surface area contributed by atoms with Crippen LogP contribution >= 0.6 is 0 Å². The van der Waals surface area contributed by atoms with Crippen molar-refractivity contribution in [2.75, 3.05) is 0 Å². The van der Waals surface area contributed by atoms with E-state index in [1.54, 1.807) is 13.8 Å². The number of carbonyl (C=O) groups excluding carboxylic acids is 1. The van der Waals surface area contributed by atoms with E-state index in [9.17, 15) is 20.1 Å². The van der Waals surface area contributed by atoms with E-state index in [2.05, 4.69) is 0 Å². The summed E-state index contributed by atoms with van der Waals surface area (Å²) in [4.78, 5) is 10.7. The lowest BCUT2D eigenvalue weighted by Gasteiger charge is -2.18. The molecular formula is C11H14O4. The van der Waals surface area contributed by atoms with E-state index < -0.39 is 5.60 Å². The first-order valence-corrected chi connectivity index (χ1v) is 4.56. The number of hydrogen-bond donors (Lipinski definition) is 3. The summed E-state index contributed by atoms with van der Waals surface area (Å²) in [7, 11) is 0. The van der Waals surface area contributed by atoms with Crippen molar-refractivity contribution in [3.63, 3.8) is 0 Å². The Morgan fingerprint density at radius 2 is 1.93 bits per heavy atom. The molecule has 0 aliphatic rings. The van der Waals surface area contributed by atoms with E-state index in [4.69, 9.17) is 0 Å². The van der Waals surface area contributed by atoms with Gasteiger partial charge in [-0.1, -0.05) is 0 Å². The monoisotopic (exact) mass is 210 g/mol. The lowest BCUT2D eigenvalue weighted by molar-refractivity contribution is 0.0806. The maximum atomic E-state index is 10.7. The average Bonchev–Trinajstić information content (AvgIpc) is 1.99. The summed E-state index contributed by atoms with van der Waals surface area (Å²) in [6.45, 7) is 3.17. The van der Waals surface area contributed by atoms with Gasteiger partial charge < -0.3 is 15.3 Å². The standard InChI is InChI=1S/C11H14O4/c1-11(2,15)5-7-3-8(13)4-10(14)9(7)6-12/h3-4,6,13-15H,5H2,1-2H3. The molecule has 4 heteroatoms. The second kappa shape index (κ2) is 3.90. The molecule has 1 aromatic carbocycles. The van der Waals surface area contributed by atoms with E-state index >= 15 is 0 Å². The van der Waals surface area contributed by atoms with Crippen LogP contribution in [0.25, 0.3) is 0 Å². The van der Waals surface area contributed by atoms with Gasteiger partial charge in [0.25, 0.3) is 0 Å². The van der Waals surface area contributed by atoms with Crippen molar-refractivity contribution < 1.29 is 20.1 Å². The molecule has 0 spiro atoms. The van der Waals surface area contributed by atoms with Crippen molar-refractivity contribution in [1.82, 2.24) is 0 Å². The van der Waals surface area contributed by atoms with E-state index in [1.807, 2.05) is 0 Å². The van der Waals surface area contributed by atoms with Crippen LogP contribution < -0.4 is 0 Å². The molecule has 1 aromatic rings. The number of phenolic OH excluding ortho intramolecular Hbond substituents is 2. The fourth-order valence-corrected chi connectivity index (χ4v) is 1.43. The minimum absolute atomic E-state index is 0.106. The number of hydrogen-bond acceptors (Lipinski definition) is 4. The third-order valence-corrected chi connectivity index (χ3v) is 1.97. The molecule has 0 saturated heterocycles. The van der Waals surface area contributed by atoms with Crippen LogP contribution in [0.4, 0.5) is 0 Å². The molecule has 3 N–H and O–H groups in total. The molecule has 82 valence electrons. The van der Waals surface area contributed by atoms with Crippen molar-refractivity contribution in [2.24, 2.45) is 0 Å². The van der Waals surface area contributed by atoms with Crippen LogP contribution in [0.3, 0.4) is 0 Å². The summed E-state index contributed by atoms with van der Waals surface area (Å²) in [6.07, 6.45) is 0.693. The summed E-state index contributed by atoms with van der Waals surface area (Å²) in [5.74, 6) is -0.401. The van der Waals surface area contributed by atoms with Gasteiger partial charge in [-0.05, 0) is 25.5 Å². The third kappa shape index (κ3) is 2.95. The molecule has 15 heavy (non-hydrogen) atoms. The summed E-state index contributed by atoms with van der Waals surface area (Å²) in [5, 5.41) is 28.2. The molecular weight excluding hydrogens is 196 g/mol. The number of phenols is 2. The topological polar surface area (TPSA) is 77.8 Å². The molecule has 0 amide bonds. The fraction of sp³-hybridized carbons (Fsp3) is 0.364. The van der Waals surface area contributed by atoms with Crippen LogP contribution in [0.2, 0.25) is 0 Å². The molecule has 1 rings (SSSR count). The highest BCUT2D eigenvalue weighted by atomic mass is 16.3. The van der Waals surface area contributed by atoms with E-state index in [1.165, 1.54) is 6.07 Å². The molecule has 0 saturated carbocycles. The zero-order valence-corrected chi connectivity index (χ0v) is 8.69. The van der Waals surface area contributed by atoms with Crippen LogP contribution in [0.15, 0.2) is 12.1 Å². The Labute approximate surface area is 87.8 Å². The average molecular weight is 210 g/mol. The lowest BCUT2D eigenvalue weighted by Crippen LogP contribution is -2.22. The van der Waals surface area contributed by atoms with Gasteiger partial charge in [0, 0.05) is 12.5 Å². The minimum Gasteiger partial charge on any atom is -0.508 e. The Morgan fingerprint density at radius 1 is 1.33 bits per heavy atom. The third-order valence-electron chi connectivity index (χ3n) is 1.97. The minimum atomic E-state index is -1.00. The molecule has 0 aromatic heterocycles. The number of aldehydes is 1. The van der Waals surface area contributed by atoms with Crippen molar-refractivity contribution in [1.29, 1.82) is 0 Å². The first-order valence-electron chi connectivity index (χ1n) is 4.56. The molecule has 0 heterocycles. The lowest BCUT2D eigenvalue weighted by atomic mass is 9.94. The van der Waals surface area contributed by atoms with Gasteiger partial charge in [-0.2, -0.15) is 0 Å². The largest absolute Gasteiger partial charge is 0.508 e. The normalized spacial score (nSPS) is 11.4. The van der Waals surface area contributed by atoms with Gasteiger partial charge in [0.05, 0.1) is 11.2 Å². The van der Waals surface area contributed by atoms with E-state index in [0.717, 1.165) is 6.07 Å². The summed E-state index contributed by atoms with van der Waals surface area (Å²) < 4.78 is 0. The van der Waals surface area contributed by atoms with Gasteiger partial charge in [-0.3, -0.25) is 4.79 Å². The Morgan fingerprint density at radius 3 is 2.40 bits per heavy atom. The van der Waals surface area contributed by atoms with Gasteiger partial charge >= 0.3 is 0 Å². The Balaban J connectivity index is 3.21. The second-order valence-electron chi connectivity index (χ2n) is 4.14. The van der Waals surface area contributed by atoms with Gasteiger partial charge in [-0.15, -0.1) is 0 Å². The maximum absolute atomic E-state index is 10.7. The van der Waals surface area contributed by atoms with E-state index in [0.29, 0.717) is 11.8 Å². The molecule has 0 aliphatic carbocycles. The second-order valence-corrected chi connectivity index (χ2v) is 4.14. The van der Waals surface area contributed by atoms with Crippen molar-refractivity contribution in [3.8, 4) is 11.5 Å². The SMILES string of the molecule is CC(C)(O)Cc1cc(O)cc(O)c1C=O. The number of aromatic hydroxyl groups is 2.